The largest absolute Gasteiger partial charge is 0.452 e. The second-order valence-electron chi connectivity index (χ2n) is 4.68. The van der Waals surface area contributed by atoms with Gasteiger partial charge in [0.2, 0.25) is 5.82 Å². The Morgan fingerprint density at radius 2 is 2.12 bits per heavy atom. The summed E-state index contributed by atoms with van der Waals surface area (Å²) < 4.78 is 47.8. The Bertz CT molecular complexity index is 844. The number of aromatic nitrogens is 2. The molecule has 0 saturated carbocycles. The highest BCUT2D eigenvalue weighted by atomic mass is 32.1. The molecule has 1 aromatic carbocycles. The van der Waals surface area contributed by atoms with Gasteiger partial charge < -0.3 is 9.26 Å². The van der Waals surface area contributed by atoms with E-state index in [0.717, 1.165) is 23.8 Å². The maximum absolute atomic E-state index is 12.6. The van der Waals surface area contributed by atoms with Gasteiger partial charge >= 0.3 is 12.1 Å². The molecule has 0 atom stereocenters. The molecule has 124 valence electrons. The molecule has 0 amide bonds. The number of halogens is 3. The first-order chi connectivity index (χ1) is 11.4. The van der Waals surface area contributed by atoms with Gasteiger partial charge in [-0.2, -0.15) is 29.5 Å². The van der Waals surface area contributed by atoms with E-state index in [-0.39, 0.29) is 18.1 Å². The molecule has 3 aromatic rings. The fourth-order valence-electron chi connectivity index (χ4n) is 1.86. The number of rotatable bonds is 4. The molecule has 2 heterocycles. The average molecular weight is 354 g/mol. The first kappa shape index (κ1) is 16.2. The van der Waals surface area contributed by atoms with Gasteiger partial charge in [0, 0.05) is 10.9 Å². The summed E-state index contributed by atoms with van der Waals surface area (Å²) in [6.45, 7) is -0.327. The lowest BCUT2D eigenvalue weighted by molar-refractivity contribution is -0.137. The number of carbonyl (C=O) groups excluding carboxylic acids is 1. The molecule has 3 rings (SSSR count). The van der Waals surface area contributed by atoms with E-state index in [0.29, 0.717) is 5.82 Å². The minimum absolute atomic E-state index is 0.0523. The molecule has 0 radical (unpaired) electrons. The lowest BCUT2D eigenvalue weighted by Gasteiger charge is -2.08. The number of hydrogen-bond acceptors (Lipinski definition) is 6. The van der Waals surface area contributed by atoms with Gasteiger partial charge in [0.15, 0.2) is 6.61 Å². The predicted molar refractivity (Wildman–Crippen MR) is 78.2 cm³/mol. The van der Waals surface area contributed by atoms with E-state index in [9.17, 15) is 18.0 Å². The van der Waals surface area contributed by atoms with Crippen molar-refractivity contribution in [1.82, 2.24) is 10.1 Å². The van der Waals surface area contributed by atoms with Gasteiger partial charge in [-0.15, -0.1) is 0 Å². The van der Waals surface area contributed by atoms with Crippen LogP contribution in [0.2, 0.25) is 0 Å². The number of nitrogens with zero attached hydrogens (tertiary/aromatic N) is 2. The fraction of sp³-hybridized carbons (Fsp3) is 0.133. The van der Waals surface area contributed by atoms with Crippen LogP contribution in [0.15, 0.2) is 45.6 Å². The zero-order chi connectivity index (χ0) is 17.2. The summed E-state index contributed by atoms with van der Waals surface area (Å²) in [7, 11) is 0. The molecule has 0 bridgehead atoms. The molecule has 2 aromatic heterocycles. The van der Waals surface area contributed by atoms with Crippen molar-refractivity contribution >= 4 is 17.3 Å². The third-order valence-electron chi connectivity index (χ3n) is 3.00. The summed E-state index contributed by atoms with van der Waals surface area (Å²) >= 11 is 1.46. The van der Waals surface area contributed by atoms with Crippen LogP contribution in [0.4, 0.5) is 13.2 Å². The molecule has 0 spiro atoms. The van der Waals surface area contributed by atoms with Crippen LogP contribution in [0.25, 0.3) is 11.4 Å². The van der Waals surface area contributed by atoms with E-state index in [4.69, 9.17) is 9.26 Å². The number of benzene rings is 1. The van der Waals surface area contributed by atoms with E-state index in [1.165, 1.54) is 17.4 Å². The van der Waals surface area contributed by atoms with E-state index in [1.54, 1.807) is 6.07 Å². The van der Waals surface area contributed by atoms with Crippen LogP contribution in [0.1, 0.15) is 21.8 Å². The SMILES string of the molecule is O=C(OCc1nc(-c2ccsc2)no1)c1cccc(C(F)(F)F)c1. The van der Waals surface area contributed by atoms with Crippen molar-refractivity contribution in [2.24, 2.45) is 0 Å². The van der Waals surface area contributed by atoms with E-state index < -0.39 is 17.7 Å². The van der Waals surface area contributed by atoms with Gasteiger partial charge in [0.1, 0.15) is 0 Å². The fourth-order valence-corrected chi connectivity index (χ4v) is 2.49. The Labute approximate surface area is 137 Å². The number of carbonyl (C=O) groups is 1. The smallest absolute Gasteiger partial charge is 0.416 e. The molecule has 0 N–H and O–H groups in total. The van der Waals surface area contributed by atoms with Crippen molar-refractivity contribution in [2.75, 3.05) is 0 Å². The quantitative estimate of drug-likeness (QED) is 0.658. The van der Waals surface area contributed by atoms with Crippen molar-refractivity contribution in [3.63, 3.8) is 0 Å². The van der Waals surface area contributed by atoms with E-state index in [1.807, 2.05) is 10.8 Å². The summed E-state index contributed by atoms with van der Waals surface area (Å²) in [4.78, 5) is 15.9. The molecule has 9 heteroatoms. The molecular formula is C15H9F3N2O3S. The van der Waals surface area contributed by atoms with Crippen LogP contribution < -0.4 is 0 Å². The molecular weight excluding hydrogens is 345 g/mol. The van der Waals surface area contributed by atoms with Gasteiger partial charge in [-0.1, -0.05) is 11.2 Å². The number of thiophene rings is 1. The van der Waals surface area contributed by atoms with Crippen LogP contribution >= 0.6 is 11.3 Å². The Hall–Kier alpha value is -2.68. The van der Waals surface area contributed by atoms with Crippen LogP contribution in [-0.4, -0.2) is 16.1 Å². The van der Waals surface area contributed by atoms with Gasteiger partial charge in [0.05, 0.1) is 11.1 Å². The van der Waals surface area contributed by atoms with Crippen LogP contribution in [0.5, 0.6) is 0 Å². The van der Waals surface area contributed by atoms with Crippen molar-refractivity contribution < 1.29 is 27.2 Å². The first-order valence-electron chi connectivity index (χ1n) is 6.63. The Morgan fingerprint density at radius 3 is 2.83 bits per heavy atom. The minimum Gasteiger partial charge on any atom is -0.452 e. The average Bonchev–Trinajstić information content (AvgIpc) is 3.23. The lowest BCUT2D eigenvalue weighted by atomic mass is 10.1. The summed E-state index contributed by atoms with van der Waals surface area (Å²) in [5.74, 6) is -0.505. The van der Waals surface area contributed by atoms with Crippen LogP contribution in [0, 0.1) is 0 Å². The van der Waals surface area contributed by atoms with Gasteiger partial charge in [0.25, 0.3) is 5.89 Å². The predicted octanol–water partition coefficient (Wildman–Crippen LogP) is 4.17. The highest BCUT2D eigenvalue weighted by Gasteiger charge is 2.31. The van der Waals surface area contributed by atoms with Gasteiger partial charge in [-0.05, 0) is 29.6 Å². The summed E-state index contributed by atoms with van der Waals surface area (Å²) in [5.41, 5.74) is -0.365. The second kappa shape index (κ2) is 6.44. The van der Waals surface area contributed by atoms with Crippen molar-refractivity contribution in [1.29, 1.82) is 0 Å². The Balaban J connectivity index is 1.66. The van der Waals surface area contributed by atoms with Crippen molar-refractivity contribution in [2.45, 2.75) is 12.8 Å². The summed E-state index contributed by atoms with van der Waals surface area (Å²) in [6, 6.07) is 5.78. The standard InChI is InChI=1S/C15H9F3N2O3S/c16-15(17,18)11-3-1-2-9(6-11)14(21)22-7-12-19-13(20-23-12)10-4-5-24-8-10/h1-6,8H,7H2. The molecule has 0 fully saturated rings. The molecule has 24 heavy (non-hydrogen) atoms. The number of esters is 1. The molecule has 0 aliphatic heterocycles. The zero-order valence-corrected chi connectivity index (χ0v) is 12.7. The van der Waals surface area contributed by atoms with Gasteiger partial charge in [-0.3, -0.25) is 0 Å². The lowest BCUT2D eigenvalue weighted by Crippen LogP contribution is -2.09. The zero-order valence-electron chi connectivity index (χ0n) is 11.9. The third-order valence-corrected chi connectivity index (χ3v) is 3.68. The topological polar surface area (TPSA) is 65.2 Å². The van der Waals surface area contributed by atoms with Gasteiger partial charge in [-0.25, -0.2) is 4.79 Å². The highest BCUT2D eigenvalue weighted by Crippen LogP contribution is 2.29. The summed E-state index contributed by atoms with van der Waals surface area (Å²) in [5, 5.41) is 7.41. The molecule has 0 aliphatic rings. The van der Waals surface area contributed by atoms with E-state index >= 15 is 0 Å². The Morgan fingerprint density at radius 1 is 1.29 bits per heavy atom. The number of hydrogen-bond donors (Lipinski definition) is 0. The minimum atomic E-state index is -4.53. The van der Waals surface area contributed by atoms with Crippen molar-refractivity contribution in [3.05, 3.63) is 58.1 Å². The second-order valence-corrected chi connectivity index (χ2v) is 5.46. The molecule has 0 saturated heterocycles. The maximum atomic E-state index is 12.6. The van der Waals surface area contributed by atoms with Crippen LogP contribution in [0.3, 0.4) is 0 Å². The molecule has 0 aliphatic carbocycles. The highest BCUT2D eigenvalue weighted by molar-refractivity contribution is 7.08. The normalized spacial score (nSPS) is 11.5. The van der Waals surface area contributed by atoms with Crippen LogP contribution in [-0.2, 0) is 17.5 Å². The van der Waals surface area contributed by atoms with Crippen molar-refractivity contribution in [3.8, 4) is 11.4 Å². The molecule has 0 unspecified atom stereocenters. The number of alkyl halides is 3. The first-order valence-corrected chi connectivity index (χ1v) is 7.57. The third kappa shape index (κ3) is 3.62. The molecule has 5 nitrogen and oxygen atoms in total. The monoisotopic (exact) mass is 354 g/mol. The maximum Gasteiger partial charge on any atom is 0.416 e. The van der Waals surface area contributed by atoms with E-state index in [2.05, 4.69) is 10.1 Å². The number of ether oxygens (including phenoxy) is 1. The Kier molecular flexibility index (Phi) is 4.34. The summed E-state index contributed by atoms with van der Waals surface area (Å²) in [6.07, 6.45) is -4.53.